The largest absolute Gasteiger partial charge is 0.378 e. The van der Waals surface area contributed by atoms with Crippen LogP contribution in [-0.2, 0) is 29.2 Å². The molecule has 1 aliphatic heterocycles. The van der Waals surface area contributed by atoms with E-state index < -0.39 is 0 Å². The molecule has 5 nitrogen and oxygen atoms in total. The molecular formula is C26H28N2O3. The van der Waals surface area contributed by atoms with Crippen molar-refractivity contribution in [3.05, 3.63) is 101 Å². The van der Waals surface area contributed by atoms with Crippen LogP contribution in [0.4, 0.5) is 5.69 Å². The van der Waals surface area contributed by atoms with Crippen molar-refractivity contribution in [3.8, 4) is 0 Å². The van der Waals surface area contributed by atoms with Crippen molar-refractivity contribution in [2.75, 3.05) is 31.2 Å². The highest BCUT2D eigenvalue weighted by molar-refractivity contribution is 5.94. The zero-order valence-electron chi connectivity index (χ0n) is 17.6. The van der Waals surface area contributed by atoms with Gasteiger partial charge in [0.15, 0.2) is 0 Å². The van der Waals surface area contributed by atoms with Crippen LogP contribution >= 0.6 is 0 Å². The van der Waals surface area contributed by atoms with E-state index in [-0.39, 0.29) is 5.91 Å². The molecule has 1 amide bonds. The van der Waals surface area contributed by atoms with E-state index in [1.54, 1.807) is 0 Å². The Morgan fingerprint density at radius 2 is 1.42 bits per heavy atom. The van der Waals surface area contributed by atoms with Crippen LogP contribution in [0.25, 0.3) is 0 Å². The standard InChI is InChI=1S/C26H28N2O3/c29-26(24-10-12-25(13-11-24)28-14-16-30-17-15-28)27-18-21-6-8-23(9-7-21)20-31-19-22-4-2-1-3-5-22/h1-13H,14-20H2,(H,27,29). The van der Waals surface area contributed by atoms with E-state index in [2.05, 4.69) is 22.3 Å². The Bertz CT molecular complexity index is 950. The number of ether oxygens (including phenoxy) is 2. The highest BCUT2D eigenvalue weighted by atomic mass is 16.5. The van der Waals surface area contributed by atoms with Gasteiger partial charge in [0.05, 0.1) is 26.4 Å². The van der Waals surface area contributed by atoms with Gasteiger partial charge in [0.2, 0.25) is 0 Å². The normalized spacial score (nSPS) is 13.7. The summed E-state index contributed by atoms with van der Waals surface area (Å²) in [4.78, 5) is 14.8. The van der Waals surface area contributed by atoms with Crippen molar-refractivity contribution in [1.82, 2.24) is 5.32 Å². The molecule has 0 aliphatic carbocycles. The molecule has 3 aromatic carbocycles. The van der Waals surface area contributed by atoms with Gasteiger partial charge in [-0.3, -0.25) is 4.79 Å². The summed E-state index contributed by atoms with van der Waals surface area (Å²) in [5.41, 5.74) is 5.14. The minimum atomic E-state index is -0.0659. The SMILES string of the molecule is O=C(NCc1ccc(COCc2ccccc2)cc1)c1ccc(N2CCOCC2)cc1. The zero-order chi connectivity index (χ0) is 21.3. The third kappa shape index (κ3) is 6.17. The van der Waals surface area contributed by atoms with Gasteiger partial charge in [-0.2, -0.15) is 0 Å². The fourth-order valence-corrected chi connectivity index (χ4v) is 3.54. The van der Waals surface area contributed by atoms with E-state index in [4.69, 9.17) is 9.47 Å². The fraction of sp³-hybridized carbons (Fsp3) is 0.269. The summed E-state index contributed by atoms with van der Waals surface area (Å²) in [5, 5.41) is 2.99. The summed E-state index contributed by atoms with van der Waals surface area (Å²) in [5.74, 6) is -0.0659. The van der Waals surface area contributed by atoms with Crippen LogP contribution in [0.2, 0.25) is 0 Å². The fourth-order valence-electron chi connectivity index (χ4n) is 3.54. The molecule has 5 heteroatoms. The molecule has 0 unspecified atom stereocenters. The maximum absolute atomic E-state index is 12.5. The molecule has 0 spiro atoms. The van der Waals surface area contributed by atoms with Crippen LogP contribution < -0.4 is 10.2 Å². The minimum absolute atomic E-state index is 0.0659. The zero-order valence-corrected chi connectivity index (χ0v) is 17.6. The summed E-state index contributed by atoms with van der Waals surface area (Å²) >= 11 is 0. The van der Waals surface area contributed by atoms with E-state index >= 15 is 0 Å². The van der Waals surface area contributed by atoms with Crippen LogP contribution in [0.15, 0.2) is 78.9 Å². The predicted octanol–water partition coefficient (Wildman–Crippen LogP) is 4.17. The second kappa shape index (κ2) is 10.8. The molecule has 1 saturated heterocycles. The molecule has 1 N–H and O–H groups in total. The molecule has 0 aromatic heterocycles. The maximum Gasteiger partial charge on any atom is 0.251 e. The molecule has 1 aliphatic rings. The van der Waals surface area contributed by atoms with Gasteiger partial charge in [-0.15, -0.1) is 0 Å². The lowest BCUT2D eigenvalue weighted by Crippen LogP contribution is -2.36. The Balaban J connectivity index is 1.22. The third-order valence-electron chi connectivity index (χ3n) is 5.36. The molecular weight excluding hydrogens is 388 g/mol. The van der Waals surface area contributed by atoms with E-state index in [1.165, 1.54) is 5.56 Å². The van der Waals surface area contributed by atoms with Crippen molar-refractivity contribution in [3.63, 3.8) is 0 Å². The van der Waals surface area contributed by atoms with Gasteiger partial charge in [0, 0.05) is 30.9 Å². The van der Waals surface area contributed by atoms with Crippen molar-refractivity contribution in [2.45, 2.75) is 19.8 Å². The van der Waals surface area contributed by atoms with E-state index in [1.807, 2.05) is 66.7 Å². The lowest BCUT2D eigenvalue weighted by atomic mass is 10.1. The maximum atomic E-state index is 12.5. The van der Waals surface area contributed by atoms with Crippen molar-refractivity contribution < 1.29 is 14.3 Å². The number of carbonyl (C=O) groups excluding carboxylic acids is 1. The number of nitrogens with zero attached hydrogens (tertiary/aromatic N) is 1. The van der Waals surface area contributed by atoms with E-state index in [9.17, 15) is 4.79 Å². The quantitative estimate of drug-likeness (QED) is 0.599. The average molecular weight is 417 g/mol. The summed E-state index contributed by atoms with van der Waals surface area (Å²) in [6, 6.07) is 26.1. The Morgan fingerprint density at radius 1 is 0.806 bits per heavy atom. The number of anilines is 1. The van der Waals surface area contributed by atoms with Gasteiger partial charge >= 0.3 is 0 Å². The number of carbonyl (C=O) groups is 1. The molecule has 1 fully saturated rings. The summed E-state index contributed by atoms with van der Waals surface area (Å²) < 4.78 is 11.2. The summed E-state index contributed by atoms with van der Waals surface area (Å²) in [7, 11) is 0. The van der Waals surface area contributed by atoms with Crippen molar-refractivity contribution in [2.24, 2.45) is 0 Å². The highest BCUT2D eigenvalue weighted by Gasteiger charge is 2.12. The van der Waals surface area contributed by atoms with Crippen molar-refractivity contribution >= 4 is 11.6 Å². The molecule has 0 atom stereocenters. The number of nitrogens with one attached hydrogen (secondary N) is 1. The molecule has 160 valence electrons. The number of hydrogen-bond acceptors (Lipinski definition) is 4. The average Bonchev–Trinajstić information content (AvgIpc) is 2.85. The first-order valence-electron chi connectivity index (χ1n) is 10.7. The molecule has 0 saturated carbocycles. The smallest absolute Gasteiger partial charge is 0.251 e. The van der Waals surface area contributed by atoms with Gasteiger partial charge in [-0.1, -0.05) is 54.6 Å². The van der Waals surface area contributed by atoms with Gasteiger partial charge in [-0.25, -0.2) is 0 Å². The second-order valence-electron chi connectivity index (χ2n) is 7.62. The van der Waals surface area contributed by atoms with Crippen LogP contribution in [0.5, 0.6) is 0 Å². The van der Waals surface area contributed by atoms with E-state index in [0.717, 1.165) is 43.1 Å². The lowest BCUT2D eigenvalue weighted by Gasteiger charge is -2.28. The molecule has 0 radical (unpaired) electrons. The number of rotatable bonds is 8. The topological polar surface area (TPSA) is 50.8 Å². The van der Waals surface area contributed by atoms with Crippen LogP contribution in [0, 0.1) is 0 Å². The number of hydrogen-bond donors (Lipinski definition) is 1. The minimum Gasteiger partial charge on any atom is -0.378 e. The first-order valence-corrected chi connectivity index (χ1v) is 10.7. The Kier molecular flexibility index (Phi) is 7.32. The van der Waals surface area contributed by atoms with Gasteiger partial charge in [-0.05, 0) is 41.0 Å². The molecule has 4 rings (SSSR count). The first kappa shape index (κ1) is 21.1. The van der Waals surface area contributed by atoms with Gasteiger partial charge in [0.1, 0.15) is 0 Å². The molecule has 0 bridgehead atoms. The lowest BCUT2D eigenvalue weighted by molar-refractivity contribution is 0.0950. The second-order valence-corrected chi connectivity index (χ2v) is 7.62. The number of morpholine rings is 1. The Labute approximate surface area is 183 Å². The Morgan fingerprint density at radius 3 is 2.10 bits per heavy atom. The van der Waals surface area contributed by atoms with Crippen molar-refractivity contribution in [1.29, 1.82) is 0 Å². The first-order chi connectivity index (χ1) is 15.3. The number of amides is 1. The van der Waals surface area contributed by atoms with Crippen LogP contribution in [0.3, 0.4) is 0 Å². The van der Waals surface area contributed by atoms with Gasteiger partial charge < -0.3 is 19.7 Å². The van der Waals surface area contributed by atoms with Gasteiger partial charge in [0.25, 0.3) is 5.91 Å². The van der Waals surface area contributed by atoms with Crippen LogP contribution in [0.1, 0.15) is 27.0 Å². The molecule has 31 heavy (non-hydrogen) atoms. The van der Waals surface area contributed by atoms with E-state index in [0.29, 0.717) is 25.3 Å². The highest BCUT2D eigenvalue weighted by Crippen LogP contribution is 2.17. The molecule has 1 heterocycles. The molecule has 3 aromatic rings. The summed E-state index contributed by atoms with van der Waals surface area (Å²) in [6.45, 7) is 4.94. The third-order valence-corrected chi connectivity index (χ3v) is 5.36. The monoisotopic (exact) mass is 416 g/mol. The summed E-state index contributed by atoms with van der Waals surface area (Å²) in [6.07, 6.45) is 0. The number of benzene rings is 3. The predicted molar refractivity (Wildman–Crippen MR) is 122 cm³/mol. The Hall–Kier alpha value is -3.15. The van der Waals surface area contributed by atoms with Crippen LogP contribution in [-0.4, -0.2) is 32.2 Å².